The van der Waals surface area contributed by atoms with Gasteiger partial charge in [0.25, 0.3) is 0 Å². The first kappa shape index (κ1) is 19.6. The second kappa shape index (κ2) is 6.58. The van der Waals surface area contributed by atoms with Crippen molar-refractivity contribution < 1.29 is 22.8 Å². The average Bonchev–Trinajstić information content (AvgIpc) is 3.22. The zero-order valence-electron chi connectivity index (χ0n) is 15.8. The Kier molecular flexibility index (Phi) is 4.17. The van der Waals surface area contributed by atoms with E-state index in [0.717, 1.165) is 17.7 Å². The third kappa shape index (κ3) is 2.99. The van der Waals surface area contributed by atoms with Gasteiger partial charge in [-0.2, -0.15) is 18.3 Å². The first-order chi connectivity index (χ1) is 14.7. The monoisotopic (exact) mass is 446 g/mol. The minimum atomic E-state index is -4.58. The van der Waals surface area contributed by atoms with E-state index in [1.54, 1.807) is 24.3 Å². The summed E-state index contributed by atoms with van der Waals surface area (Å²) in [5.74, 6) is -0.749. The van der Waals surface area contributed by atoms with Gasteiger partial charge in [-0.1, -0.05) is 23.7 Å². The van der Waals surface area contributed by atoms with Gasteiger partial charge < -0.3 is 10.6 Å². The van der Waals surface area contributed by atoms with Gasteiger partial charge in [-0.25, -0.2) is 4.68 Å². The zero-order chi connectivity index (χ0) is 22.0. The lowest BCUT2D eigenvalue weighted by atomic mass is 9.71. The second-order valence-corrected chi connectivity index (χ2v) is 7.97. The number of alkyl halides is 3. The fourth-order valence-electron chi connectivity index (χ4n) is 4.20. The van der Waals surface area contributed by atoms with Crippen molar-refractivity contribution in [2.24, 2.45) is 0 Å². The molecule has 0 radical (unpaired) electrons. The molecule has 5 rings (SSSR count). The Morgan fingerprint density at radius 2 is 1.81 bits per heavy atom. The number of nitrogens with zero attached hydrogens (tertiary/aromatic N) is 2. The van der Waals surface area contributed by atoms with Crippen LogP contribution in [-0.4, -0.2) is 21.6 Å². The van der Waals surface area contributed by atoms with Crippen LogP contribution in [0.25, 0.3) is 0 Å². The highest BCUT2D eigenvalue weighted by Gasteiger charge is 2.54. The van der Waals surface area contributed by atoms with Gasteiger partial charge in [-0.15, -0.1) is 0 Å². The van der Waals surface area contributed by atoms with Crippen molar-refractivity contribution in [3.8, 4) is 0 Å². The molecule has 0 fully saturated rings. The van der Waals surface area contributed by atoms with Crippen molar-refractivity contribution >= 4 is 34.9 Å². The lowest BCUT2D eigenvalue weighted by molar-refractivity contribution is -0.137. The molecule has 1 aromatic heterocycles. The minimum Gasteiger partial charge on any atom is -0.325 e. The molecular weight excluding hydrogens is 433 g/mol. The Balaban J connectivity index is 1.65. The molecule has 3 heterocycles. The molecule has 158 valence electrons. The maximum atomic E-state index is 13.3. The van der Waals surface area contributed by atoms with Crippen molar-refractivity contribution in [3.63, 3.8) is 0 Å². The van der Waals surface area contributed by atoms with Crippen molar-refractivity contribution in [2.45, 2.75) is 24.6 Å². The summed E-state index contributed by atoms with van der Waals surface area (Å²) in [4.78, 5) is 25.7. The van der Waals surface area contributed by atoms with Gasteiger partial charge in [0.1, 0.15) is 11.2 Å². The van der Waals surface area contributed by atoms with Crippen LogP contribution in [0, 0.1) is 0 Å². The van der Waals surface area contributed by atoms with E-state index < -0.39 is 29.0 Å². The molecule has 0 bridgehead atoms. The number of amides is 2. The van der Waals surface area contributed by atoms with Crippen molar-refractivity contribution in [1.29, 1.82) is 0 Å². The fourth-order valence-corrected chi connectivity index (χ4v) is 4.33. The van der Waals surface area contributed by atoms with Gasteiger partial charge in [0.15, 0.2) is 0 Å². The predicted molar refractivity (Wildman–Crippen MR) is 107 cm³/mol. The van der Waals surface area contributed by atoms with E-state index in [0.29, 0.717) is 10.6 Å². The molecule has 6 nitrogen and oxygen atoms in total. The van der Waals surface area contributed by atoms with Crippen LogP contribution in [0.2, 0.25) is 5.02 Å². The number of hydrogen-bond donors (Lipinski definition) is 2. The first-order valence-electron chi connectivity index (χ1n) is 9.32. The molecule has 1 atom stereocenters. The molecule has 1 spiro atoms. The topological polar surface area (TPSA) is 76.0 Å². The molecule has 0 saturated heterocycles. The molecule has 2 aliphatic heterocycles. The van der Waals surface area contributed by atoms with Gasteiger partial charge >= 0.3 is 6.18 Å². The molecular formula is C21H14ClF3N4O2. The Hall–Kier alpha value is -3.33. The maximum Gasteiger partial charge on any atom is 0.416 e. The molecule has 3 aromatic rings. The van der Waals surface area contributed by atoms with E-state index in [-0.39, 0.29) is 30.0 Å². The number of halogens is 4. The average molecular weight is 447 g/mol. The van der Waals surface area contributed by atoms with Gasteiger partial charge in [0.2, 0.25) is 11.8 Å². The fraction of sp³-hybridized carbons (Fsp3) is 0.190. The standard InChI is InChI=1S/C21H14ClF3N4O2/c22-13-4-1-11(2-5-13)10-29-18-15(9-26-29)20(8-17(30)28-18)14-7-12(21(23,24)25)3-6-16(14)27-19(20)31/h1-7,9H,8,10H2,(H,27,31)(H,28,30)/t20-/m1/s1. The second-order valence-electron chi connectivity index (χ2n) is 7.53. The number of carbonyl (C=O) groups excluding carboxylic acids is 2. The molecule has 10 heteroatoms. The number of nitrogens with one attached hydrogen (secondary N) is 2. The molecule has 2 aromatic carbocycles. The lowest BCUT2D eigenvalue weighted by Crippen LogP contribution is -2.43. The smallest absolute Gasteiger partial charge is 0.325 e. The number of carbonyl (C=O) groups is 2. The summed E-state index contributed by atoms with van der Waals surface area (Å²) in [6.07, 6.45) is -3.47. The quantitative estimate of drug-likeness (QED) is 0.620. The normalized spacial score (nSPS) is 19.7. The summed E-state index contributed by atoms with van der Waals surface area (Å²) in [5.41, 5.74) is -0.884. The first-order valence-corrected chi connectivity index (χ1v) is 9.70. The van der Waals surface area contributed by atoms with Gasteiger partial charge in [-0.3, -0.25) is 9.59 Å². The van der Waals surface area contributed by atoms with Crippen LogP contribution in [-0.2, 0) is 27.7 Å². The Bertz CT molecular complexity index is 1240. The molecule has 2 aliphatic rings. The number of rotatable bonds is 2. The van der Waals surface area contributed by atoms with Crippen molar-refractivity contribution in [1.82, 2.24) is 9.78 Å². The lowest BCUT2D eigenvalue weighted by Gasteiger charge is -2.31. The summed E-state index contributed by atoms with van der Waals surface area (Å²) in [5, 5.41) is 10.2. The van der Waals surface area contributed by atoms with Crippen LogP contribution in [0.15, 0.2) is 48.7 Å². The number of benzene rings is 2. The molecule has 0 unspecified atom stereocenters. The highest BCUT2D eigenvalue weighted by atomic mass is 35.5. The number of hydrogen-bond acceptors (Lipinski definition) is 3. The van der Waals surface area contributed by atoms with Crippen molar-refractivity contribution in [2.75, 3.05) is 10.6 Å². The SMILES string of the molecule is O=C1C[C@]2(C(=O)Nc3ccc(C(F)(F)F)cc32)c2cnn(Cc3ccc(Cl)cc3)c2N1. The van der Waals surface area contributed by atoms with E-state index >= 15 is 0 Å². The summed E-state index contributed by atoms with van der Waals surface area (Å²) in [7, 11) is 0. The van der Waals surface area contributed by atoms with Crippen molar-refractivity contribution in [3.05, 3.63) is 75.9 Å². The van der Waals surface area contributed by atoms with Gasteiger partial charge in [0, 0.05) is 22.7 Å². The van der Waals surface area contributed by atoms with E-state index in [1.165, 1.54) is 16.9 Å². The number of fused-ring (bicyclic) bond motifs is 4. The van der Waals surface area contributed by atoms with Crippen LogP contribution < -0.4 is 10.6 Å². The van der Waals surface area contributed by atoms with Gasteiger partial charge in [0.05, 0.1) is 18.3 Å². The zero-order valence-corrected chi connectivity index (χ0v) is 16.5. The predicted octanol–water partition coefficient (Wildman–Crippen LogP) is 4.18. The molecule has 2 amide bonds. The van der Waals surface area contributed by atoms with Gasteiger partial charge in [-0.05, 0) is 41.5 Å². The third-order valence-electron chi connectivity index (χ3n) is 5.67. The van der Waals surface area contributed by atoms with E-state index in [4.69, 9.17) is 11.6 Å². The molecule has 2 N–H and O–H groups in total. The maximum absolute atomic E-state index is 13.3. The minimum absolute atomic E-state index is 0.120. The summed E-state index contributed by atoms with van der Waals surface area (Å²) in [6.45, 7) is 0.278. The largest absolute Gasteiger partial charge is 0.416 e. The summed E-state index contributed by atoms with van der Waals surface area (Å²) >= 11 is 5.91. The molecule has 0 saturated carbocycles. The Morgan fingerprint density at radius 3 is 2.52 bits per heavy atom. The molecule has 0 aliphatic carbocycles. The summed E-state index contributed by atoms with van der Waals surface area (Å²) in [6, 6.07) is 10.1. The Morgan fingerprint density at radius 1 is 1.06 bits per heavy atom. The Labute approximate surface area is 179 Å². The number of aromatic nitrogens is 2. The highest BCUT2D eigenvalue weighted by Crippen LogP contribution is 2.51. The van der Waals surface area contributed by atoms with E-state index in [1.807, 2.05) is 0 Å². The number of anilines is 2. The van der Waals surface area contributed by atoms with Crippen LogP contribution in [0.1, 0.15) is 28.7 Å². The molecule has 31 heavy (non-hydrogen) atoms. The van der Waals surface area contributed by atoms with Crippen LogP contribution >= 0.6 is 11.6 Å². The van der Waals surface area contributed by atoms with E-state index in [2.05, 4.69) is 15.7 Å². The van der Waals surface area contributed by atoms with Crippen LogP contribution in [0.3, 0.4) is 0 Å². The van der Waals surface area contributed by atoms with E-state index in [9.17, 15) is 22.8 Å². The van der Waals surface area contributed by atoms with Crippen LogP contribution in [0.4, 0.5) is 24.7 Å². The highest BCUT2D eigenvalue weighted by molar-refractivity contribution is 6.30. The summed E-state index contributed by atoms with van der Waals surface area (Å²) < 4.78 is 41.5. The van der Waals surface area contributed by atoms with Crippen LogP contribution in [0.5, 0.6) is 0 Å². The third-order valence-corrected chi connectivity index (χ3v) is 5.92.